The highest BCUT2D eigenvalue weighted by Gasteiger charge is 2.19. The average molecular weight is 360 g/mol. The van der Waals surface area contributed by atoms with E-state index >= 15 is 0 Å². The van der Waals surface area contributed by atoms with Crippen molar-refractivity contribution in [2.45, 2.75) is 26.2 Å². The monoisotopic (exact) mass is 358 g/mol. The zero-order chi connectivity index (χ0) is 12.6. The summed E-state index contributed by atoms with van der Waals surface area (Å²) in [6.07, 6.45) is 3.59. The lowest BCUT2D eigenvalue weighted by molar-refractivity contribution is 0.540. The van der Waals surface area contributed by atoms with Gasteiger partial charge in [0.05, 0.1) is 10.7 Å². The minimum absolute atomic E-state index is 0.0943. The summed E-state index contributed by atoms with van der Waals surface area (Å²) < 4.78 is 3.40. The van der Waals surface area contributed by atoms with Crippen LogP contribution in [-0.2, 0) is 5.41 Å². The van der Waals surface area contributed by atoms with E-state index in [1.165, 1.54) is 0 Å². The van der Waals surface area contributed by atoms with Gasteiger partial charge in [0, 0.05) is 17.7 Å². The molecule has 2 rings (SSSR count). The minimum atomic E-state index is -0.0943. The van der Waals surface area contributed by atoms with Crippen LogP contribution in [-0.4, -0.2) is 19.7 Å². The lowest BCUT2D eigenvalue weighted by Gasteiger charge is -2.17. The van der Waals surface area contributed by atoms with Crippen LogP contribution >= 0.6 is 31.9 Å². The zero-order valence-corrected chi connectivity index (χ0v) is 12.9. The molecule has 0 saturated heterocycles. The van der Waals surface area contributed by atoms with E-state index in [0.717, 1.165) is 20.7 Å². The van der Waals surface area contributed by atoms with E-state index in [1.54, 1.807) is 10.9 Å². The highest BCUT2D eigenvalue weighted by molar-refractivity contribution is 9.10. The molecule has 0 bridgehead atoms. The normalized spacial score (nSPS) is 11.8. The second-order valence-electron chi connectivity index (χ2n) is 4.73. The molecule has 0 radical (unpaired) electrons. The second-order valence-corrected chi connectivity index (χ2v) is 6.45. The Kier molecular flexibility index (Phi) is 3.36. The number of aromatic nitrogens is 4. The summed E-state index contributed by atoms with van der Waals surface area (Å²) in [4.78, 5) is 8.92. The fraction of sp³-hybridized carbons (Fsp3) is 0.364. The summed E-state index contributed by atoms with van der Waals surface area (Å²) in [6, 6.07) is 1.84. The van der Waals surface area contributed by atoms with Crippen molar-refractivity contribution in [3.63, 3.8) is 0 Å². The molecule has 0 aliphatic heterocycles. The minimum Gasteiger partial charge on any atom is -0.225 e. The Bertz CT molecular complexity index is 543. The smallest absolute Gasteiger partial charge is 0.158 e. The zero-order valence-electron chi connectivity index (χ0n) is 9.78. The van der Waals surface area contributed by atoms with E-state index in [-0.39, 0.29) is 5.41 Å². The Hall–Kier alpha value is -0.750. The summed E-state index contributed by atoms with van der Waals surface area (Å²) >= 11 is 6.77. The standard InChI is InChI=1S/C11H12Br2N4/c1-11(2,3)10-15-8(13)4-9(16-10)17-6-7(12)5-14-17/h4-6H,1-3H3. The van der Waals surface area contributed by atoms with Crippen molar-refractivity contribution in [2.24, 2.45) is 0 Å². The van der Waals surface area contributed by atoms with Crippen LogP contribution in [0.4, 0.5) is 0 Å². The summed E-state index contributed by atoms with van der Waals surface area (Å²) in [5.41, 5.74) is -0.0943. The third-order valence-corrected chi connectivity index (χ3v) is 2.95. The van der Waals surface area contributed by atoms with Crippen molar-refractivity contribution < 1.29 is 0 Å². The molecule has 4 nitrogen and oxygen atoms in total. The molecule has 2 heterocycles. The topological polar surface area (TPSA) is 43.6 Å². The van der Waals surface area contributed by atoms with Crippen LogP contribution in [0.2, 0.25) is 0 Å². The van der Waals surface area contributed by atoms with Gasteiger partial charge in [-0.3, -0.25) is 0 Å². The van der Waals surface area contributed by atoms with Crippen LogP contribution in [0.25, 0.3) is 5.82 Å². The van der Waals surface area contributed by atoms with Crippen molar-refractivity contribution in [1.82, 2.24) is 19.7 Å². The molecule has 0 saturated carbocycles. The average Bonchev–Trinajstić information content (AvgIpc) is 2.62. The molecule has 0 amide bonds. The number of hydrogen-bond acceptors (Lipinski definition) is 3. The van der Waals surface area contributed by atoms with E-state index < -0.39 is 0 Å². The van der Waals surface area contributed by atoms with Crippen molar-refractivity contribution in [3.8, 4) is 5.82 Å². The molecular weight excluding hydrogens is 348 g/mol. The molecular formula is C11H12Br2N4. The molecule has 0 spiro atoms. The largest absolute Gasteiger partial charge is 0.225 e. The Morgan fingerprint density at radius 1 is 1.18 bits per heavy atom. The van der Waals surface area contributed by atoms with E-state index in [4.69, 9.17) is 0 Å². The fourth-order valence-electron chi connectivity index (χ4n) is 1.28. The molecule has 0 aliphatic rings. The molecule has 0 unspecified atom stereocenters. The second kappa shape index (κ2) is 4.49. The van der Waals surface area contributed by atoms with Gasteiger partial charge >= 0.3 is 0 Å². The molecule has 0 fully saturated rings. The highest BCUT2D eigenvalue weighted by Crippen LogP contribution is 2.22. The van der Waals surface area contributed by atoms with Crippen molar-refractivity contribution in [2.75, 3.05) is 0 Å². The Morgan fingerprint density at radius 3 is 2.41 bits per heavy atom. The fourth-order valence-corrected chi connectivity index (χ4v) is 1.94. The number of nitrogens with zero attached hydrogens (tertiary/aromatic N) is 4. The maximum Gasteiger partial charge on any atom is 0.158 e. The maximum atomic E-state index is 4.53. The van der Waals surface area contributed by atoms with Crippen LogP contribution in [0.15, 0.2) is 27.5 Å². The van der Waals surface area contributed by atoms with Crippen molar-refractivity contribution in [1.29, 1.82) is 0 Å². The summed E-state index contributed by atoms with van der Waals surface area (Å²) in [5.74, 6) is 1.54. The molecule has 2 aromatic heterocycles. The predicted molar refractivity (Wildman–Crippen MR) is 73.3 cm³/mol. The van der Waals surface area contributed by atoms with Gasteiger partial charge in [0.25, 0.3) is 0 Å². The summed E-state index contributed by atoms with van der Waals surface area (Å²) in [6.45, 7) is 6.24. The van der Waals surface area contributed by atoms with Crippen LogP contribution < -0.4 is 0 Å². The summed E-state index contributed by atoms with van der Waals surface area (Å²) in [7, 11) is 0. The third-order valence-electron chi connectivity index (χ3n) is 2.14. The van der Waals surface area contributed by atoms with Gasteiger partial charge in [-0.2, -0.15) is 5.10 Å². The van der Waals surface area contributed by atoms with E-state index in [2.05, 4.69) is 67.7 Å². The molecule has 90 valence electrons. The first-order valence-electron chi connectivity index (χ1n) is 5.12. The summed E-state index contributed by atoms with van der Waals surface area (Å²) in [5, 5.41) is 4.21. The molecule has 0 N–H and O–H groups in total. The highest BCUT2D eigenvalue weighted by atomic mass is 79.9. The van der Waals surface area contributed by atoms with E-state index in [0.29, 0.717) is 0 Å². The maximum absolute atomic E-state index is 4.53. The molecule has 0 atom stereocenters. The van der Waals surface area contributed by atoms with E-state index in [9.17, 15) is 0 Å². The molecule has 0 aliphatic carbocycles. The van der Waals surface area contributed by atoms with Crippen LogP contribution in [0.1, 0.15) is 26.6 Å². The van der Waals surface area contributed by atoms with Gasteiger partial charge in [-0.1, -0.05) is 20.8 Å². The SMILES string of the molecule is CC(C)(C)c1nc(Br)cc(-n2cc(Br)cn2)n1. The third kappa shape index (κ3) is 2.93. The van der Waals surface area contributed by atoms with Gasteiger partial charge in [0.15, 0.2) is 5.82 Å². The van der Waals surface area contributed by atoms with Gasteiger partial charge in [0.1, 0.15) is 10.4 Å². The first-order chi connectivity index (χ1) is 7.86. The van der Waals surface area contributed by atoms with Gasteiger partial charge < -0.3 is 0 Å². The number of rotatable bonds is 1. The van der Waals surface area contributed by atoms with Crippen molar-refractivity contribution in [3.05, 3.63) is 33.4 Å². The molecule has 6 heteroatoms. The Balaban J connectivity index is 2.52. The quantitative estimate of drug-likeness (QED) is 0.732. The first kappa shape index (κ1) is 12.7. The molecule has 17 heavy (non-hydrogen) atoms. The van der Waals surface area contributed by atoms with Crippen molar-refractivity contribution >= 4 is 31.9 Å². The first-order valence-corrected chi connectivity index (χ1v) is 6.70. The lowest BCUT2D eigenvalue weighted by atomic mass is 9.96. The predicted octanol–water partition coefficient (Wildman–Crippen LogP) is 3.48. The Morgan fingerprint density at radius 2 is 1.88 bits per heavy atom. The van der Waals surface area contributed by atoms with Gasteiger partial charge in [-0.25, -0.2) is 14.6 Å². The van der Waals surface area contributed by atoms with Gasteiger partial charge in [-0.15, -0.1) is 0 Å². The number of halogens is 2. The van der Waals surface area contributed by atoms with Crippen LogP contribution in [0, 0.1) is 0 Å². The molecule has 0 aromatic carbocycles. The lowest BCUT2D eigenvalue weighted by Crippen LogP contribution is -2.17. The van der Waals surface area contributed by atoms with Gasteiger partial charge in [0.2, 0.25) is 0 Å². The molecule has 2 aromatic rings. The number of hydrogen-bond donors (Lipinski definition) is 0. The Labute approximate surface area is 117 Å². The van der Waals surface area contributed by atoms with E-state index in [1.807, 2.05) is 12.3 Å². The van der Waals surface area contributed by atoms with Crippen LogP contribution in [0.3, 0.4) is 0 Å². The van der Waals surface area contributed by atoms with Gasteiger partial charge in [-0.05, 0) is 31.9 Å². The van der Waals surface area contributed by atoms with Crippen LogP contribution in [0.5, 0.6) is 0 Å².